The lowest BCUT2D eigenvalue weighted by atomic mass is 9.97. The quantitative estimate of drug-likeness (QED) is 0.577. The molecule has 4 atom stereocenters. The first-order valence-electron chi connectivity index (χ1n) is 9.32. The van der Waals surface area contributed by atoms with Gasteiger partial charge in [0.05, 0.1) is 6.33 Å². The predicted octanol–water partition coefficient (Wildman–Crippen LogP) is 2.95. The summed E-state index contributed by atoms with van der Waals surface area (Å²) in [5.74, 6) is 0.0959. The van der Waals surface area contributed by atoms with Crippen LogP contribution >= 0.6 is 11.6 Å². The summed E-state index contributed by atoms with van der Waals surface area (Å²) < 4.78 is 26.3. The van der Waals surface area contributed by atoms with E-state index < -0.39 is 30.3 Å². The lowest BCUT2D eigenvalue weighted by Crippen LogP contribution is -2.27. The minimum absolute atomic E-state index is 0.274. The van der Waals surface area contributed by atoms with Crippen LogP contribution in [0.4, 0.5) is 0 Å². The second-order valence-corrected chi connectivity index (χ2v) is 9.05. The van der Waals surface area contributed by atoms with E-state index in [-0.39, 0.29) is 10.6 Å². The summed E-state index contributed by atoms with van der Waals surface area (Å²) >= 11 is 6.15. The molecule has 0 aromatic carbocycles. The highest BCUT2D eigenvalue weighted by Gasteiger charge is 2.58. The number of hydrogen-bond acceptors (Lipinski definition) is 9. The number of ether oxygens (including phenoxy) is 3. The molecule has 0 N–H and O–H groups in total. The maximum Gasteiger partial charge on any atom is 0.248 e. The van der Waals surface area contributed by atoms with Crippen LogP contribution in [-0.4, -0.2) is 47.7 Å². The van der Waals surface area contributed by atoms with Crippen molar-refractivity contribution in [3.63, 3.8) is 0 Å². The van der Waals surface area contributed by atoms with Crippen molar-refractivity contribution >= 4 is 22.8 Å². The standard InChI is InChI=1S/C18H21ClN6O4/c1-17(2,3)16-24-23-14(27-16)10-9-11(29-18(4,5)28-9)15(26-10)25-7-22-8-12(19)20-6-21-13(8)25/h6-7,9-11,15H,1-5H3/t9-,10+,11+,15-/m1/s1. The van der Waals surface area contributed by atoms with Crippen LogP contribution in [0.1, 0.15) is 58.7 Å². The molecule has 11 heteroatoms. The van der Waals surface area contributed by atoms with Gasteiger partial charge < -0.3 is 18.6 Å². The average Bonchev–Trinajstić information content (AvgIpc) is 3.36. The van der Waals surface area contributed by atoms with Gasteiger partial charge in [-0.3, -0.25) is 4.57 Å². The fraction of sp³-hybridized carbons (Fsp3) is 0.611. The minimum atomic E-state index is -0.786. The molecule has 2 saturated heterocycles. The van der Waals surface area contributed by atoms with E-state index in [9.17, 15) is 0 Å². The van der Waals surface area contributed by atoms with Crippen molar-refractivity contribution in [2.75, 3.05) is 0 Å². The fourth-order valence-electron chi connectivity index (χ4n) is 3.66. The van der Waals surface area contributed by atoms with Crippen LogP contribution in [0.15, 0.2) is 17.1 Å². The van der Waals surface area contributed by atoms with Gasteiger partial charge in [-0.05, 0) is 13.8 Å². The average molecular weight is 421 g/mol. The molecular weight excluding hydrogens is 400 g/mol. The Hall–Kier alpha value is -2.14. The maximum absolute atomic E-state index is 6.30. The van der Waals surface area contributed by atoms with Crippen molar-refractivity contribution in [2.45, 2.75) is 70.4 Å². The number of aromatic nitrogens is 6. The third-order valence-electron chi connectivity index (χ3n) is 4.94. The minimum Gasteiger partial charge on any atom is -0.422 e. The number of fused-ring (bicyclic) bond motifs is 2. The molecule has 3 aromatic heterocycles. The molecule has 2 aliphatic rings. The van der Waals surface area contributed by atoms with Crippen molar-refractivity contribution in [2.24, 2.45) is 0 Å². The van der Waals surface area contributed by atoms with Crippen LogP contribution in [0.2, 0.25) is 5.15 Å². The van der Waals surface area contributed by atoms with Crippen LogP contribution in [-0.2, 0) is 19.6 Å². The Balaban J connectivity index is 1.55. The summed E-state index contributed by atoms with van der Waals surface area (Å²) in [5.41, 5.74) is 0.760. The lowest BCUT2D eigenvalue weighted by Gasteiger charge is -2.23. The predicted molar refractivity (Wildman–Crippen MR) is 100 cm³/mol. The lowest BCUT2D eigenvalue weighted by molar-refractivity contribution is -0.199. The van der Waals surface area contributed by atoms with Crippen molar-refractivity contribution < 1.29 is 18.6 Å². The van der Waals surface area contributed by atoms with Gasteiger partial charge in [-0.25, -0.2) is 15.0 Å². The largest absolute Gasteiger partial charge is 0.422 e. The molecule has 0 saturated carbocycles. The Morgan fingerprint density at radius 2 is 1.83 bits per heavy atom. The van der Waals surface area contributed by atoms with E-state index in [4.69, 9.17) is 30.2 Å². The van der Waals surface area contributed by atoms with Gasteiger partial charge in [0.25, 0.3) is 0 Å². The fourth-order valence-corrected chi connectivity index (χ4v) is 3.84. The SMILES string of the molecule is CC1(C)O[C@H]2[C@H](O1)[C@H](n1cnc3c(Cl)ncnc31)O[C@@H]2c1nnc(C(C)(C)C)o1. The van der Waals surface area contributed by atoms with Gasteiger partial charge >= 0.3 is 0 Å². The Morgan fingerprint density at radius 3 is 2.55 bits per heavy atom. The highest BCUT2D eigenvalue weighted by atomic mass is 35.5. The highest BCUT2D eigenvalue weighted by molar-refractivity contribution is 6.33. The Labute approximate surface area is 171 Å². The number of imidazole rings is 1. The first-order valence-corrected chi connectivity index (χ1v) is 9.70. The Morgan fingerprint density at radius 1 is 1.07 bits per heavy atom. The molecule has 3 aromatic rings. The van der Waals surface area contributed by atoms with Crippen molar-refractivity contribution in [3.05, 3.63) is 29.6 Å². The van der Waals surface area contributed by atoms with E-state index in [1.165, 1.54) is 6.33 Å². The number of rotatable bonds is 2. The second-order valence-electron chi connectivity index (χ2n) is 8.70. The van der Waals surface area contributed by atoms with Crippen LogP contribution < -0.4 is 0 Å². The molecule has 0 bridgehead atoms. The molecule has 154 valence electrons. The molecule has 0 radical (unpaired) electrons. The Bertz CT molecular complexity index is 1070. The molecular formula is C18H21ClN6O4. The van der Waals surface area contributed by atoms with Gasteiger partial charge in [0.15, 0.2) is 28.9 Å². The van der Waals surface area contributed by atoms with E-state index >= 15 is 0 Å². The van der Waals surface area contributed by atoms with E-state index in [0.29, 0.717) is 22.9 Å². The summed E-state index contributed by atoms with van der Waals surface area (Å²) in [6.07, 6.45) is 0.983. The Kier molecular flexibility index (Phi) is 4.02. The topological polar surface area (TPSA) is 110 Å². The van der Waals surface area contributed by atoms with Gasteiger partial charge in [0.1, 0.15) is 24.1 Å². The summed E-state index contributed by atoms with van der Waals surface area (Å²) in [6.45, 7) is 9.73. The summed E-state index contributed by atoms with van der Waals surface area (Å²) in [4.78, 5) is 12.6. The van der Waals surface area contributed by atoms with Crippen molar-refractivity contribution in [3.8, 4) is 0 Å². The summed E-state index contributed by atoms with van der Waals surface area (Å²) in [6, 6.07) is 0. The summed E-state index contributed by atoms with van der Waals surface area (Å²) in [7, 11) is 0. The molecule has 5 heterocycles. The van der Waals surface area contributed by atoms with Crippen LogP contribution in [0, 0.1) is 0 Å². The third kappa shape index (κ3) is 3.02. The molecule has 0 amide bonds. The van der Waals surface area contributed by atoms with Crippen LogP contribution in [0.3, 0.4) is 0 Å². The van der Waals surface area contributed by atoms with Gasteiger partial charge in [-0.15, -0.1) is 10.2 Å². The molecule has 0 spiro atoms. The molecule has 0 unspecified atom stereocenters. The zero-order valence-corrected chi connectivity index (χ0v) is 17.4. The van der Waals surface area contributed by atoms with E-state index in [1.807, 2.05) is 34.6 Å². The zero-order chi connectivity index (χ0) is 20.6. The van der Waals surface area contributed by atoms with Gasteiger partial charge in [-0.1, -0.05) is 32.4 Å². The molecule has 29 heavy (non-hydrogen) atoms. The maximum atomic E-state index is 6.30. The number of nitrogens with zero attached hydrogens (tertiary/aromatic N) is 6. The van der Waals surface area contributed by atoms with Crippen molar-refractivity contribution in [1.29, 1.82) is 0 Å². The highest BCUT2D eigenvalue weighted by Crippen LogP contribution is 2.49. The molecule has 2 fully saturated rings. The first kappa shape index (κ1) is 18.9. The van der Waals surface area contributed by atoms with E-state index in [2.05, 4.69) is 25.1 Å². The van der Waals surface area contributed by atoms with E-state index in [1.54, 1.807) is 10.9 Å². The number of hydrogen-bond donors (Lipinski definition) is 0. The molecule has 5 rings (SSSR count). The third-order valence-corrected chi connectivity index (χ3v) is 5.22. The smallest absolute Gasteiger partial charge is 0.248 e. The van der Waals surface area contributed by atoms with Crippen LogP contribution in [0.5, 0.6) is 0 Å². The van der Waals surface area contributed by atoms with Crippen LogP contribution in [0.25, 0.3) is 11.2 Å². The summed E-state index contributed by atoms with van der Waals surface area (Å²) in [5, 5.41) is 8.67. The molecule has 0 aliphatic carbocycles. The van der Waals surface area contributed by atoms with Gasteiger partial charge in [0, 0.05) is 5.41 Å². The zero-order valence-electron chi connectivity index (χ0n) is 16.7. The van der Waals surface area contributed by atoms with Crippen molar-refractivity contribution in [1.82, 2.24) is 29.7 Å². The van der Waals surface area contributed by atoms with Gasteiger partial charge in [-0.2, -0.15) is 0 Å². The van der Waals surface area contributed by atoms with E-state index in [0.717, 1.165) is 0 Å². The first-order chi connectivity index (χ1) is 13.6. The second kappa shape index (κ2) is 6.18. The normalized spacial score (nSPS) is 28.9. The van der Waals surface area contributed by atoms with Gasteiger partial charge in [0.2, 0.25) is 11.8 Å². The molecule has 10 nitrogen and oxygen atoms in total. The monoisotopic (exact) mass is 420 g/mol. The number of halogens is 1. The molecule has 2 aliphatic heterocycles.